The van der Waals surface area contributed by atoms with E-state index in [-0.39, 0.29) is 10.9 Å². The average molecular weight is 301 g/mol. The van der Waals surface area contributed by atoms with Crippen LogP contribution < -0.4 is 15.8 Å². The summed E-state index contributed by atoms with van der Waals surface area (Å²) >= 11 is 0. The van der Waals surface area contributed by atoms with Gasteiger partial charge >= 0.3 is 0 Å². The van der Waals surface area contributed by atoms with E-state index in [1.165, 1.54) is 7.05 Å². The molecule has 1 unspecified atom stereocenters. The average Bonchev–Trinajstić information content (AvgIpc) is 2.45. The fourth-order valence-electron chi connectivity index (χ4n) is 1.85. The van der Waals surface area contributed by atoms with Crippen molar-refractivity contribution in [2.45, 2.75) is 23.8 Å². The molecule has 1 aromatic carbocycles. The number of hydrogen-bond acceptors (Lipinski definition) is 5. The molecule has 0 radical (unpaired) electrons. The molecule has 0 aliphatic rings. The molecule has 6 nitrogen and oxygen atoms in total. The Morgan fingerprint density at radius 2 is 1.95 bits per heavy atom. The van der Waals surface area contributed by atoms with Crippen molar-refractivity contribution < 1.29 is 13.2 Å². The van der Waals surface area contributed by atoms with Crippen LogP contribution in [0.15, 0.2) is 29.2 Å². The van der Waals surface area contributed by atoms with Gasteiger partial charge in [-0.05, 0) is 50.7 Å². The first-order chi connectivity index (χ1) is 9.53. The number of rotatable bonds is 9. The van der Waals surface area contributed by atoms with Gasteiger partial charge in [0.1, 0.15) is 0 Å². The molecule has 0 spiro atoms. The van der Waals surface area contributed by atoms with Gasteiger partial charge < -0.3 is 15.8 Å². The number of sulfonamides is 1. The minimum atomic E-state index is -3.39. The van der Waals surface area contributed by atoms with Crippen LogP contribution in [0.4, 0.5) is 5.69 Å². The lowest BCUT2D eigenvalue weighted by Crippen LogP contribution is -2.26. The summed E-state index contributed by atoms with van der Waals surface area (Å²) in [6.07, 6.45) is 1.81. The highest BCUT2D eigenvalue weighted by atomic mass is 32.2. The second kappa shape index (κ2) is 8.21. The summed E-state index contributed by atoms with van der Waals surface area (Å²) in [5.41, 5.74) is 6.37. The maximum atomic E-state index is 11.6. The van der Waals surface area contributed by atoms with Gasteiger partial charge in [-0.15, -0.1) is 0 Å². The summed E-state index contributed by atoms with van der Waals surface area (Å²) < 4.78 is 30.7. The topological polar surface area (TPSA) is 93.5 Å². The summed E-state index contributed by atoms with van der Waals surface area (Å²) in [5.74, 6) is 0. The Morgan fingerprint density at radius 3 is 2.45 bits per heavy atom. The maximum absolute atomic E-state index is 11.6. The van der Waals surface area contributed by atoms with E-state index in [4.69, 9.17) is 10.5 Å². The zero-order valence-electron chi connectivity index (χ0n) is 11.9. The van der Waals surface area contributed by atoms with Crippen molar-refractivity contribution in [2.24, 2.45) is 5.73 Å². The zero-order chi connectivity index (χ0) is 15.0. The molecule has 0 bridgehead atoms. The van der Waals surface area contributed by atoms with E-state index in [0.29, 0.717) is 13.2 Å². The Morgan fingerprint density at radius 1 is 1.30 bits per heavy atom. The van der Waals surface area contributed by atoms with E-state index in [1.54, 1.807) is 31.4 Å². The number of nitrogens with two attached hydrogens (primary N) is 1. The van der Waals surface area contributed by atoms with Gasteiger partial charge in [-0.1, -0.05) is 0 Å². The molecule has 0 aliphatic heterocycles. The molecule has 0 aliphatic carbocycles. The van der Waals surface area contributed by atoms with Crippen LogP contribution in [-0.2, 0) is 14.8 Å². The Bertz CT molecular complexity index is 488. The van der Waals surface area contributed by atoms with Crippen LogP contribution in [0.2, 0.25) is 0 Å². The van der Waals surface area contributed by atoms with E-state index >= 15 is 0 Å². The Balaban J connectivity index is 2.72. The number of ether oxygens (including phenoxy) is 1. The standard InChI is InChI=1S/C13H23N3O3S/c1-15-20(17,18)13-7-5-11(6-8-13)16-12(10-19-2)4-3-9-14/h5-8,12,15-16H,3-4,9-10,14H2,1-2H3. The van der Waals surface area contributed by atoms with Crippen LogP contribution in [0.3, 0.4) is 0 Å². The molecule has 7 heteroatoms. The van der Waals surface area contributed by atoms with E-state index in [9.17, 15) is 8.42 Å². The molecule has 0 aromatic heterocycles. The fraction of sp³-hybridized carbons (Fsp3) is 0.538. The summed E-state index contributed by atoms with van der Waals surface area (Å²) in [6, 6.07) is 6.79. The third kappa shape index (κ3) is 5.09. The molecular weight excluding hydrogens is 278 g/mol. The monoisotopic (exact) mass is 301 g/mol. The SMILES string of the molecule is CNS(=O)(=O)c1ccc(NC(CCCN)COC)cc1. The van der Waals surface area contributed by atoms with Gasteiger partial charge in [0.05, 0.1) is 11.5 Å². The molecule has 0 saturated heterocycles. The molecule has 0 amide bonds. The van der Waals surface area contributed by atoms with Crippen molar-refractivity contribution in [3.63, 3.8) is 0 Å². The number of anilines is 1. The van der Waals surface area contributed by atoms with Crippen LogP contribution in [0.5, 0.6) is 0 Å². The van der Waals surface area contributed by atoms with Crippen LogP contribution in [0.25, 0.3) is 0 Å². The highest BCUT2D eigenvalue weighted by Crippen LogP contribution is 2.15. The largest absolute Gasteiger partial charge is 0.383 e. The predicted molar refractivity (Wildman–Crippen MR) is 80.3 cm³/mol. The molecule has 0 fully saturated rings. The summed E-state index contributed by atoms with van der Waals surface area (Å²) in [4.78, 5) is 0.246. The van der Waals surface area contributed by atoms with E-state index in [0.717, 1.165) is 18.5 Å². The highest BCUT2D eigenvalue weighted by molar-refractivity contribution is 7.89. The lowest BCUT2D eigenvalue weighted by Gasteiger charge is -2.19. The minimum Gasteiger partial charge on any atom is -0.383 e. The number of methoxy groups -OCH3 is 1. The van der Waals surface area contributed by atoms with E-state index in [1.807, 2.05) is 0 Å². The van der Waals surface area contributed by atoms with E-state index in [2.05, 4.69) is 10.0 Å². The van der Waals surface area contributed by atoms with Crippen LogP contribution in [0.1, 0.15) is 12.8 Å². The van der Waals surface area contributed by atoms with Crippen molar-refractivity contribution in [1.82, 2.24) is 4.72 Å². The Hall–Kier alpha value is -1.15. The number of nitrogens with one attached hydrogen (secondary N) is 2. The summed E-state index contributed by atoms with van der Waals surface area (Å²) in [6.45, 7) is 1.22. The Kier molecular flexibility index (Phi) is 6.94. The van der Waals surface area contributed by atoms with E-state index < -0.39 is 10.0 Å². The quantitative estimate of drug-likeness (QED) is 0.626. The number of benzene rings is 1. The van der Waals surface area contributed by atoms with Gasteiger partial charge in [0.2, 0.25) is 10.0 Å². The van der Waals surface area contributed by atoms with Gasteiger partial charge in [-0.2, -0.15) is 0 Å². The first-order valence-electron chi connectivity index (χ1n) is 6.52. The van der Waals surface area contributed by atoms with Gasteiger partial charge in [-0.25, -0.2) is 13.1 Å². The van der Waals surface area contributed by atoms with Crippen molar-refractivity contribution in [3.8, 4) is 0 Å². The normalized spacial score (nSPS) is 13.2. The predicted octanol–water partition coefficient (Wildman–Crippen LogP) is 0.761. The fourth-order valence-corrected chi connectivity index (χ4v) is 2.58. The van der Waals surface area contributed by atoms with Crippen LogP contribution in [-0.4, -0.2) is 41.8 Å². The molecule has 1 aromatic rings. The van der Waals surface area contributed by atoms with Crippen molar-refractivity contribution >= 4 is 15.7 Å². The Labute approximate surface area is 120 Å². The first-order valence-corrected chi connectivity index (χ1v) is 8.01. The molecule has 114 valence electrons. The molecule has 1 atom stereocenters. The first kappa shape index (κ1) is 16.9. The van der Waals surface area contributed by atoms with Gasteiger partial charge in [0.15, 0.2) is 0 Å². The lowest BCUT2D eigenvalue weighted by molar-refractivity contribution is 0.182. The second-order valence-corrected chi connectivity index (χ2v) is 6.35. The number of hydrogen-bond donors (Lipinski definition) is 3. The molecule has 0 saturated carbocycles. The van der Waals surface area contributed by atoms with Crippen molar-refractivity contribution in [1.29, 1.82) is 0 Å². The van der Waals surface area contributed by atoms with Crippen LogP contribution >= 0.6 is 0 Å². The molecule has 0 heterocycles. The summed E-state index contributed by atoms with van der Waals surface area (Å²) in [7, 11) is -0.343. The van der Waals surface area contributed by atoms with Crippen LogP contribution in [0, 0.1) is 0 Å². The van der Waals surface area contributed by atoms with Gasteiger partial charge in [0, 0.05) is 18.8 Å². The molecule has 4 N–H and O–H groups in total. The molecule has 1 rings (SSSR count). The highest BCUT2D eigenvalue weighted by Gasteiger charge is 2.12. The third-order valence-corrected chi connectivity index (χ3v) is 4.36. The van der Waals surface area contributed by atoms with Gasteiger partial charge in [-0.3, -0.25) is 0 Å². The van der Waals surface area contributed by atoms with Crippen molar-refractivity contribution in [3.05, 3.63) is 24.3 Å². The zero-order valence-corrected chi connectivity index (χ0v) is 12.7. The minimum absolute atomic E-state index is 0.162. The molecule has 20 heavy (non-hydrogen) atoms. The second-order valence-electron chi connectivity index (χ2n) is 4.46. The van der Waals surface area contributed by atoms with Crippen molar-refractivity contribution in [2.75, 3.05) is 32.6 Å². The summed E-state index contributed by atoms with van der Waals surface area (Å²) in [5, 5.41) is 3.32. The van der Waals surface area contributed by atoms with Gasteiger partial charge in [0.25, 0.3) is 0 Å². The third-order valence-electron chi connectivity index (χ3n) is 2.93. The molecular formula is C13H23N3O3S. The smallest absolute Gasteiger partial charge is 0.240 e. The maximum Gasteiger partial charge on any atom is 0.240 e. The lowest BCUT2D eigenvalue weighted by atomic mass is 10.1.